The number of imidazole rings is 1. The summed E-state index contributed by atoms with van der Waals surface area (Å²) in [5, 5.41) is 0.720. The van der Waals surface area contributed by atoms with Crippen molar-refractivity contribution in [2.75, 3.05) is 0 Å². The van der Waals surface area contributed by atoms with E-state index in [-0.39, 0.29) is 5.82 Å². The van der Waals surface area contributed by atoms with Gasteiger partial charge in [0.05, 0.1) is 5.69 Å². The Labute approximate surface area is 136 Å². The Bertz CT molecular complexity index is 969. The van der Waals surface area contributed by atoms with Gasteiger partial charge in [-0.2, -0.15) is 0 Å². The van der Waals surface area contributed by atoms with Gasteiger partial charge in [0, 0.05) is 23.5 Å². The van der Waals surface area contributed by atoms with Crippen molar-refractivity contribution in [3.05, 3.63) is 72.9 Å². The fourth-order valence-corrected chi connectivity index (χ4v) is 3.22. The number of hydrogen-bond donors (Lipinski definition) is 0. The van der Waals surface area contributed by atoms with Crippen LogP contribution in [0.1, 0.15) is 0 Å². The molecule has 0 aliphatic rings. The summed E-state index contributed by atoms with van der Waals surface area (Å²) in [4.78, 5) is 14.1. The van der Waals surface area contributed by atoms with Gasteiger partial charge in [-0.05, 0) is 54.2 Å². The lowest BCUT2D eigenvalue weighted by atomic mass is 10.3. The van der Waals surface area contributed by atoms with E-state index >= 15 is 0 Å². The zero-order chi connectivity index (χ0) is 15.6. The zero-order valence-electron chi connectivity index (χ0n) is 11.9. The predicted molar refractivity (Wildman–Crippen MR) is 87.2 cm³/mol. The van der Waals surface area contributed by atoms with E-state index in [0.717, 1.165) is 15.6 Å². The van der Waals surface area contributed by atoms with Crippen molar-refractivity contribution < 1.29 is 4.39 Å². The van der Waals surface area contributed by atoms with Gasteiger partial charge in [0.25, 0.3) is 0 Å². The van der Waals surface area contributed by atoms with Crippen molar-refractivity contribution >= 4 is 22.9 Å². The molecule has 3 heterocycles. The lowest BCUT2D eigenvalue weighted by molar-refractivity contribution is 0.626. The van der Waals surface area contributed by atoms with Crippen LogP contribution in [-0.4, -0.2) is 19.5 Å². The molecule has 4 aromatic rings. The molecule has 0 atom stereocenters. The average Bonchev–Trinajstić information content (AvgIpc) is 2.93. The molecule has 0 amide bonds. The fourth-order valence-electron chi connectivity index (χ4n) is 2.32. The summed E-state index contributed by atoms with van der Waals surface area (Å²) in [6.45, 7) is 0. The molecule has 1 aromatic carbocycles. The van der Waals surface area contributed by atoms with Crippen molar-refractivity contribution in [2.24, 2.45) is 0 Å². The molecule has 0 spiro atoms. The quantitative estimate of drug-likeness (QED) is 0.569. The summed E-state index contributed by atoms with van der Waals surface area (Å²) in [5.41, 5.74) is 2.16. The molecule has 23 heavy (non-hydrogen) atoms. The molecule has 0 unspecified atom stereocenters. The molecular formula is C17H11FN4S. The summed E-state index contributed by atoms with van der Waals surface area (Å²) in [6.07, 6.45) is 5.20. The summed E-state index contributed by atoms with van der Waals surface area (Å²) < 4.78 is 15.5. The van der Waals surface area contributed by atoms with Crippen LogP contribution in [0.25, 0.3) is 16.9 Å². The Hall–Kier alpha value is -2.73. The molecule has 6 heteroatoms. The number of aromatic nitrogens is 4. The smallest absolute Gasteiger partial charge is 0.179 e. The number of fused-ring (bicyclic) bond motifs is 1. The highest BCUT2D eigenvalue weighted by Crippen LogP contribution is 2.31. The van der Waals surface area contributed by atoms with Crippen LogP contribution in [0.4, 0.5) is 4.39 Å². The van der Waals surface area contributed by atoms with Crippen molar-refractivity contribution in [1.82, 2.24) is 19.5 Å². The maximum atomic E-state index is 13.6. The number of hydrogen-bond acceptors (Lipinski definition) is 4. The van der Waals surface area contributed by atoms with Gasteiger partial charge < -0.3 is 0 Å². The third kappa shape index (κ3) is 2.68. The van der Waals surface area contributed by atoms with Gasteiger partial charge in [-0.1, -0.05) is 6.07 Å². The third-order valence-electron chi connectivity index (χ3n) is 3.30. The number of rotatable bonds is 3. The summed E-state index contributed by atoms with van der Waals surface area (Å²) in [5.74, 6) is -0.294. The molecule has 0 saturated carbocycles. The third-order valence-corrected chi connectivity index (χ3v) is 4.23. The van der Waals surface area contributed by atoms with Gasteiger partial charge in [0.1, 0.15) is 11.3 Å². The van der Waals surface area contributed by atoms with Crippen LogP contribution in [0.5, 0.6) is 0 Å². The highest BCUT2D eigenvalue weighted by atomic mass is 32.2. The van der Waals surface area contributed by atoms with Crippen molar-refractivity contribution in [3.8, 4) is 5.69 Å². The first-order chi connectivity index (χ1) is 11.3. The van der Waals surface area contributed by atoms with Gasteiger partial charge >= 0.3 is 0 Å². The van der Waals surface area contributed by atoms with Gasteiger partial charge in [0.2, 0.25) is 0 Å². The molecule has 0 radical (unpaired) electrons. The molecule has 0 aliphatic carbocycles. The average molecular weight is 322 g/mol. The van der Waals surface area contributed by atoms with Crippen LogP contribution < -0.4 is 0 Å². The van der Waals surface area contributed by atoms with E-state index in [1.807, 2.05) is 34.9 Å². The molecule has 0 N–H and O–H groups in total. The predicted octanol–water partition coefficient (Wildman–Crippen LogP) is 4.11. The van der Waals surface area contributed by atoms with Gasteiger partial charge in [-0.3, -0.25) is 9.55 Å². The molecule has 0 aliphatic heterocycles. The number of pyridine rings is 2. The monoisotopic (exact) mass is 322 g/mol. The molecule has 0 saturated heterocycles. The Kier molecular flexibility index (Phi) is 3.51. The molecule has 0 fully saturated rings. The Morgan fingerprint density at radius 1 is 1.00 bits per heavy atom. The normalized spacial score (nSPS) is 11.0. The van der Waals surface area contributed by atoms with Crippen LogP contribution >= 0.6 is 11.8 Å². The van der Waals surface area contributed by atoms with Gasteiger partial charge in [0.15, 0.2) is 10.8 Å². The largest absolute Gasteiger partial charge is 0.271 e. The molecule has 4 rings (SSSR count). The van der Waals surface area contributed by atoms with E-state index in [4.69, 9.17) is 0 Å². The van der Waals surface area contributed by atoms with E-state index in [9.17, 15) is 4.39 Å². The standard InChI is InChI=1S/C17H11FN4S/c18-12-4-1-5-13(10-12)22-16-15(7-3-9-20-16)21-17(22)23-14-6-2-8-19-11-14/h1-11H. The van der Waals surface area contributed by atoms with Crippen molar-refractivity contribution in [3.63, 3.8) is 0 Å². The maximum absolute atomic E-state index is 13.6. The summed E-state index contributed by atoms with van der Waals surface area (Å²) >= 11 is 1.47. The highest BCUT2D eigenvalue weighted by molar-refractivity contribution is 7.99. The minimum absolute atomic E-state index is 0.294. The second kappa shape index (κ2) is 5.81. The van der Waals surface area contributed by atoms with Crippen molar-refractivity contribution in [1.29, 1.82) is 0 Å². The first kappa shape index (κ1) is 13.9. The fraction of sp³-hybridized carbons (Fsp3) is 0. The Morgan fingerprint density at radius 2 is 1.91 bits per heavy atom. The van der Waals surface area contributed by atoms with Gasteiger partial charge in [-0.25, -0.2) is 14.4 Å². The molecule has 4 nitrogen and oxygen atoms in total. The van der Waals surface area contributed by atoms with E-state index in [1.165, 1.54) is 23.9 Å². The minimum atomic E-state index is -0.294. The topological polar surface area (TPSA) is 43.6 Å². The maximum Gasteiger partial charge on any atom is 0.179 e. The van der Waals surface area contributed by atoms with Crippen LogP contribution in [0.15, 0.2) is 77.2 Å². The van der Waals surface area contributed by atoms with E-state index in [1.54, 1.807) is 24.7 Å². The lowest BCUT2D eigenvalue weighted by Gasteiger charge is -2.08. The molecule has 3 aromatic heterocycles. The SMILES string of the molecule is Fc1cccc(-n2c(Sc3cccnc3)nc3cccnc32)c1. The molecular weight excluding hydrogens is 311 g/mol. The minimum Gasteiger partial charge on any atom is -0.271 e. The second-order valence-corrected chi connectivity index (χ2v) is 5.89. The van der Waals surface area contributed by atoms with Crippen LogP contribution in [0, 0.1) is 5.82 Å². The zero-order valence-corrected chi connectivity index (χ0v) is 12.7. The molecule has 0 bridgehead atoms. The summed E-state index contributed by atoms with van der Waals surface area (Å²) in [7, 11) is 0. The number of halogens is 1. The van der Waals surface area contributed by atoms with Crippen LogP contribution in [-0.2, 0) is 0 Å². The van der Waals surface area contributed by atoms with Crippen molar-refractivity contribution in [2.45, 2.75) is 10.1 Å². The summed E-state index contributed by atoms with van der Waals surface area (Å²) in [6, 6.07) is 14.0. The first-order valence-electron chi connectivity index (χ1n) is 6.98. The first-order valence-corrected chi connectivity index (χ1v) is 7.80. The number of benzene rings is 1. The van der Waals surface area contributed by atoms with E-state index in [2.05, 4.69) is 15.0 Å². The lowest BCUT2D eigenvalue weighted by Crippen LogP contribution is -1.98. The number of nitrogens with zero attached hydrogens (tertiary/aromatic N) is 4. The van der Waals surface area contributed by atoms with E-state index in [0.29, 0.717) is 11.3 Å². The second-order valence-electron chi connectivity index (χ2n) is 4.85. The Morgan fingerprint density at radius 3 is 2.74 bits per heavy atom. The van der Waals surface area contributed by atoms with Gasteiger partial charge in [-0.15, -0.1) is 0 Å². The Balaban J connectivity index is 1.91. The van der Waals surface area contributed by atoms with Crippen LogP contribution in [0.3, 0.4) is 0 Å². The molecule has 112 valence electrons. The van der Waals surface area contributed by atoms with Crippen LogP contribution in [0.2, 0.25) is 0 Å². The van der Waals surface area contributed by atoms with E-state index < -0.39 is 0 Å². The highest BCUT2D eigenvalue weighted by Gasteiger charge is 2.15.